The number of carbonyl (C=O) groups excluding carboxylic acids is 2. The SMILES string of the molecule is CCc1nc2c(F)cc(N3C(=S)N(c4ccc(C#N)c(C(F)(F)F)c4)C(=O)C3(C)C)cc2c(=O)[nH]1.CCc1nc2c(F)cc(NC(C)(C)C(=O)OC)cc2c(=O)[nH]1.[C-]#[N+]c1ccc(N=C=S)cc1C. The number of esters is 1. The average Bonchev–Trinajstić information content (AvgIpc) is 3.47. The maximum absolute atomic E-state index is 15.0. The number of aromatic amines is 2. The molecule has 0 bridgehead atoms. The Bertz CT molecular complexity index is 3320. The quantitative estimate of drug-likeness (QED) is 0.0430. The van der Waals surface area contributed by atoms with E-state index in [0.717, 1.165) is 28.3 Å². The fourth-order valence-corrected chi connectivity index (χ4v) is 7.66. The van der Waals surface area contributed by atoms with Crippen molar-refractivity contribution in [2.75, 3.05) is 22.2 Å². The fraction of sp³-hybridized carbons (Fsp3) is 0.277. The molecule has 6 aromatic rings. The largest absolute Gasteiger partial charge is 0.467 e. The number of methoxy groups -OCH3 is 1. The standard InChI is InChI=1S/C23H17F4N5O2S.C15H18FN3O3.C9H6N2S/c1-4-17-29-18-14(19(33)30-17)7-13(9-16(18)24)32-21(35)31(20(34)22(32,2)3)12-6-5-11(10-28)15(8-12)23(25,26)27;1-5-11-17-12-9(13(20)18-11)6-8(7-10(12)16)19-15(2,3)14(21)22-4;1-7-5-8(11-6-12)3-4-9(7)10-2/h5-9H,4H2,1-3H3,(H,29,30,33);6-7,19H,5H2,1-4H3,(H,17,18,20);3-5H,1H3. The zero-order valence-electron chi connectivity index (χ0n) is 38.1. The number of benzene rings is 4. The van der Waals surface area contributed by atoms with Gasteiger partial charge in [-0.2, -0.15) is 23.4 Å². The number of aromatic nitrogens is 4. The zero-order valence-corrected chi connectivity index (χ0v) is 39.7. The van der Waals surface area contributed by atoms with Gasteiger partial charge in [0, 0.05) is 24.2 Å². The molecule has 7 rings (SSSR count). The van der Waals surface area contributed by atoms with Crippen molar-refractivity contribution in [3.8, 4) is 6.07 Å². The summed E-state index contributed by atoms with van der Waals surface area (Å²) in [6.45, 7) is 18.4. The Morgan fingerprint density at radius 2 is 1.51 bits per heavy atom. The van der Waals surface area contributed by atoms with Crippen LogP contribution in [-0.4, -0.2) is 60.3 Å². The minimum absolute atomic E-state index is 0.0158. The van der Waals surface area contributed by atoms with Gasteiger partial charge in [0.25, 0.3) is 17.0 Å². The van der Waals surface area contributed by atoms with E-state index in [4.69, 9.17) is 24.1 Å². The number of nitrogens with zero attached hydrogens (tertiary/aromatic N) is 7. The van der Waals surface area contributed by atoms with Crippen LogP contribution in [0, 0.1) is 36.5 Å². The van der Waals surface area contributed by atoms with Crippen LogP contribution in [0.25, 0.3) is 26.7 Å². The van der Waals surface area contributed by atoms with Crippen LogP contribution in [0.4, 0.5) is 50.4 Å². The molecule has 4 aromatic carbocycles. The second kappa shape index (κ2) is 20.6. The molecule has 2 aromatic heterocycles. The first-order valence-corrected chi connectivity index (χ1v) is 21.4. The van der Waals surface area contributed by atoms with E-state index < -0.39 is 63.0 Å². The Balaban J connectivity index is 0.000000221. The number of carbonyl (C=O) groups is 2. The molecule has 1 amide bonds. The van der Waals surface area contributed by atoms with Crippen LogP contribution in [0.3, 0.4) is 0 Å². The van der Waals surface area contributed by atoms with Gasteiger partial charge in [-0.15, -0.1) is 0 Å². The molecular formula is C47H41F5N10O5S2. The lowest BCUT2D eigenvalue weighted by Crippen LogP contribution is -2.44. The number of H-pyrrole nitrogens is 2. The number of thiocarbonyl (C=S) groups is 2. The number of hydrogen-bond acceptors (Lipinski definition) is 12. The van der Waals surface area contributed by atoms with Crippen molar-refractivity contribution in [2.45, 2.75) is 78.6 Å². The Kier molecular flexibility index (Phi) is 15.6. The van der Waals surface area contributed by atoms with Crippen LogP contribution in [0.1, 0.15) is 69.9 Å². The second-order valence-electron chi connectivity index (χ2n) is 16.1. The average molecular weight is 985 g/mol. The van der Waals surface area contributed by atoms with Crippen molar-refractivity contribution in [3.05, 3.63) is 133 Å². The molecule has 3 N–H and O–H groups in total. The van der Waals surface area contributed by atoms with Crippen molar-refractivity contribution >= 4 is 96.8 Å². The van der Waals surface area contributed by atoms with Gasteiger partial charge in [-0.05, 0) is 119 Å². The molecule has 1 fully saturated rings. The second-order valence-corrected chi connectivity index (χ2v) is 16.6. The van der Waals surface area contributed by atoms with E-state index in [1.165, 1.54) is 56.2 Å². The van der Waals surface area contributed by atoms with E-state index in [2.05, 4.69) is 57.2 Å². The van der Waals surface area contributed by atoms with Crippen molar-refractivity contribution in [2.24, 2.45) is 4.99 Å². The van der Waals surface area contributed by atoms with Gasteiger partial charge in [-0.3, -0.25) is 19.3 Å². The predicted molar refractivity (Wildman–Crippen MR) is 258 cm³/mol. The lowest BCUT2D eigenvalue weighted by atomic mass is 10.0. The highest BCUT2D eigenvalue weighted by Crippen LogP contribution is 2.40. The van der Waals surface area contributed by atoms with Crippen LogP contribution in [-0.2, 0) is 33.3 Å². The van der Waals surface area contributed by atoms with Gasteiger partial charge in [0.2, 0.25) is 0 Å². The summed E-state index contributed by atoms with van der Waals surface area (Å²) in [7, 11) is 1.27. The van der Waals surface area contributed by atoms with E-state index in [-0.39, 0.29) is 38.3 Å². The molecule has 1 aliphatic heterocycles. The van der Waals surface area contributed by atoms with E-state index in [0.29, 0.717) is 41.9 Å². The van der Waals surface area contributed by atoms with Crippen LogP contribution in [0.15, 0.2) is 75.2 Å². The summed E-state index contributed by atoms with van der Waals surface area (Å²) in [6, 6.07) is 14.7. The molecule has 0 atom stereocenters. The Labute approximate surface area is 401 Å². The van der Waals surface area contributed by atoms with Crippen molar-refractivity contribution in [1.29, 1.82) is 5.26 Å². The van der Waals surface area contributed by atoms with Crippen molar-refractivity contribution in [3.63, 3.8) is 0 Å². The third kappa shape index (κ3) is 11.0. The van der Waals surface area contributed by atoms with Crippen LogP contribution >= 0.6 is 24.4 Å². The molecule has 1 saturated heterocycles. The molecule has 15 nitrogen and oxygen atoms in total. The van der Waals surface area contributed by atoms with E-state index in [1.807, 2.05) is 19.9 Å². The summed E-state index contributed by atoms with van der Waals surface area (Å²) in [5.74, 6) is -1.89. The Morgan fingerprint density at radius 1 is 0.928 bits per heavy atom. The first-order chi connectivity index (χ1) is 32.4. The van der Waals surface area contributed by atoms with E-state index >= 15 is 4.39 Å². The smallest absolute Gasteiger partial charge is 0.417 e. The number of nitriles is 1. The highest BCUT2D eigenvalue weighted by Gasteiger charge is 2.51. The van der Waals surface area contributed by atoms with Crippen LogP contribution in [0.5, 0.6) is 0 Å². The van der Waals surface area contributed by atoms with E-state index in [1.54, 1.807) is 32.9 Å². The normalized spacial score (nSPS) is 13.1. The van der Waals surface area contributed by atoms with Crippen molar-refractivity contribution in [1.82, 2.24) is 19.9 Å². The highest BCUT2D eigenvalue weighted by molar-refractivity contribution is 7.81. The van der Waals surface area contributed by atoms with Gasteiger partial charge in [0.05, 0.1) is 58.2 Å². The molecule has 1 aliphatic rings. The molecule has 356 valence electrons. The number of anilines is 3. The van der Waals surface area contributed by atoms with Gasteiger partial charge in [-0.25, -0.2) is 28.4 Å². The van der Waals surface area contributed by atoms with Crippen molar-refractivity contribution < 1.29 is 36.3 Å². The van der Waals surface area contributed by atoms with E-state index in [9.17, 15) is 36.7 Å². The molecule has 0 aliphatic carbocycles. The summed E-state index contributed by atoms with van der Waals surface area (Å²) in [4.78, 5) is 72.2. The first-order valence-electron chi connectivity index (χ1n) is 20.5. The Morgan fingerprint density at radius 3 is 2.01 bits per heavy atom. The zero-order chi connectivity index (χ0) is 51.3. The molecule has 0 spiro atoms. The van der Waals surface area contributed by atoms with Gasteiger partial charge < -0.3 is 24.9 Å². The summed E-state index contributed by atoms with van der Waals surface area (Å²) < 4.78 is 74.4. The van der Waals surface area contributed by atoms with Crippen LogP contribution in [0.2, 0.25) is 0 Å². The number of alkyl halides is 3. The predicted octanol–water partition coefficient (Wildman–Crippen LogP) is 9.70. The molecule has 0 saturated carbocycles. The maximum Gasteiger partial charge on any atom is 0.417 e. The number of aryl methyl sites for hydroxylation is 3. The first kappa shape index (κ1) is 52.2. The molecule has 3 heterocycles. The number of fused-ring (bicyclic) bond motifs is 2. The summed E-state index contributed by atoms with van der Waals surface area (Å²) in [5.41, 5.74) is -2.98. The number of nitrogens with one attached hydrogen (secondary N) is 3. The number of aliphatic imine (C=N–C) groups is 1. The molecular weight excluding hydrogens is 944 g/mol. The summed E-state index contributed by atoms with van der Waals surface area (Å²) >= 11 is 9.91. The summed E-state index contributed by atoms with van der Waals surface area (Å²) in [6.07, 6.45) is -3.96. The minimum atomic E-state index is -4.84. The minimum Gasteiger partial charge on any atom is -0.467 e. The highest BCUT2D eigenvalue weighted by atomic mass is 32.1. The van der Waals surface area contributed by atoms with Gasteiger partial charge in [-0.1, -0.05) is 19.9 Å². The maximum atomic E-state index is 15.0. The van der Waals surface area contributed by atoms with Crippen LogP contribution < -0.4 is 26.2 Å². The van der Waals surface area contributed by atoms with Gasteiger partial charge >= 0.3 is 12.1 Å². The molecule has 0 radical (unpaired) electrons. The summed E-state index contributed by atoms with van der Waals surface area (Å²) in [5, 5.41) is 14.0. The lowest BCUT2D eigenvalue weighted by molar-refractivity contribution is -0.144. The third-order valence-corrected chi connectivity index (χ3v) is 11.0. The lowest BCUT2D eigenvalue weighted by Gasteiger charge is -2.29. The number of hydrogen-bond donors (Lipinski definition) is 3. The van der Waals surface area contributed by atoms with Gasteiger partial charge in [0.15, 0.2) is 22.4 Å². The number of isothiocyanates is 1. The molecule has 69 heavy (non-hydrogen) atoms. The molecule has 0 unspecified atom stereocenters. The third-order valence-electron chi connectivity index (χ3n) is 10.5. The Hall–Kier alpha value is -7.78. The number of rotatable bonds is 8. The monoisotopic (exact) mass is 984 g/mol. The molecule has 22 heteroatoms. The number of ether oxygens (including phenoxy) is 1. The number of halogens is 5. The fourth-order valence-electron chi connectivity index (χ4n) is 7.03. The number of amides is 1. The topological polar surface area (TPSA) is 194 Å². The van der Waals surface area contributed by atoms with Gasteiger partial charge in [0.1, 0.15) is 33.8 Å².